The summed E-state index contributed by atoms with van der Waals surface area (Å²) in [5, 5.41) is 21.6. The van der Waals surface area contributed by atoms with Crippen molar-refractivity contribution >= 4 is 0 Å². The predicted molar refractivity (Wildman–Crippen MR) is 64.7 cm³/mol. The highest BCUT2D eigenvalue weighted by Gasteiger charge is 2.17. The third-order valence-electron chi connectivity index (χ3n) is 2.68. The third-order valence-corrected chi connectivity index (χ3v) is 2.68. The quantitative estimate of drug-likeness (QED) is 0.888. The highest BCUT2D eigenvalue weighted by molar-refractivity contribution is 5.56. The van der Waals surface area contributed by atoms with E-state index in [1.807, 2.05) is 26.8 Å². The van der Waals surface area contributed by atoms with Crippen molar-refractivity contribution in [2.45, 2.75) is 39.7 Å². The van der Waals surface area contributed by atoms with Crippen LogP contribution in [0.3, 0.4) is 0 Å². The van der Waals surface area contributed by atoms with Gasteiger partial charge in [-0.05, 0) is 25.8 Å². The van der Waals surface area contributed by atoms with Gasteiger partial charge in [-0.15, -0.1) is 0 Å². The van der Waals surface area contributed by atoms with Crippen molar-refractivity contribution in [3.63, 3.8) is 0 Å². The molecule has 6 nitrogen and oxygen atoms in total. The van der Waals surface area contributed by atoms with E-state index in [9.17, 15) is 5.11 Å². The molecule has 0 radical (unpaired) electrons. The fraction of sp³-hybridized carbons (Fsp3) is 0.500. The standard InChI is InChI=1S/C12H16N4O2/c1-4-9-8(6-7(3)14-15-9)12-13-11(16-18-12)10(17)5-2/h6,10,17H,4-5H2,1-3H3. The normalized spacial score (nSPS) is 12.7. The maximum absolute atomic E-state index is 9.66. The van der Waals surface area contributed by atoms with Crippen molar-refractivity contribution < 1.29 is 9.63 Å². The SMILES string of the molecule is CCc1nnc(C)cc1-c1nc(C(O)CC)no1. The molecule has 0 aliphatic rings. The van der Waals surface area contributed by atoms with E-state index in [0.717, 1.165) is 23.4 Å². The lowest BCUT2D eigenvalue weighted by Gasteiger charge is -2.02. The molecule has 1 atom stereocenters. The number of nitrogens with zero attached hydrogens (tertiary/aromatic N) is 4. The zero-order chi connectivity index (χ0) is 13.1. The van der Waals surface area contributed by atoms with Crippen LogP contribution in [0.2, 0.25) is 0 Å². The Morgan fingerprint density at radius 3 is 2.78 bits per heavy atom. The largest absolute Gasteiger partial charge is 0.385 e. The number of rotatable bonds is 4. The zero-order valence-corrected chi connectivity index (χ0v) is 10.7. The third kappa shape index (κ3) is 2.38. The molecular formula is C12H16N4O2. The molecule has 0 saturated heterocycles. The molecule has 0 fully saturated rings. The summed E-state index contributed by atoms with van der Waals surface area (Å²) in [6.45, 7) is 5.70. The molecular weight excluding hydrogens is 232 g/mol. The molecule has 0 amide bonds. The average molecular weight is 248 g/mol. The van der Waals surface area contributed by atoms with Crippen LogP contribution in [0.25, 0.3) is 11.5 Å². The lowest BCUT2D eigenvalue weighted by molar-refractivity contribution is 0.159. The van der Waals surface area contributed by atoms with E-state index in [1.165, 1.54) is 0 Å². The second-order valence-corrected chi connectivity index (χ2v) is 4.08. The zero-order valence-electron chi connectivity index (χ0n) is 10.7. The van der Waals surface area contributed by atoms with Gasteiger partial charge in [0.25, 0.3) is 5.89 Å². The summed E-state index contributed by atoms with van der Waals surface area (Å²) in [5.74, 6) is 0.691. The van der Waals surface area contributed by atoms with Gasteiger partial charge in [0.15, 0.2) is 0 Å². The summed E-state index contributed by atoms with van der Waals surface area (Å²) in [7, 11) is 0. The molecule has 96 valence electrons. The Balaban J connectivity index is 2.42. The number of hydrogen-bond acceptors (Lipinski definition) is 6. The van der Waals surface area contributed by atoms with Crippen LogP contribution >= 0.6 is 0 Å². The second-order valence-electron chi connectivity index (χ2n) is 4.08. The van der Waals surface area contributed by atoms with Gasteiger partial charge >= 0.3 is 0 Å². The fourth-order valence-corrected chi connectivity index (χ4v) is 1.62. The summed E-state index contributed by atoms with van der Waals surface area (Å²) in [5.41, 5.74) is 2.38. The van der Waals surface area contributed by atoms with Crippen LogP contribution in [0.15, 0.2) is 10.6 Å². The topological polar surface area (TPSA) is 84.9 Å². The van der Waals surface area contributed by atoms with Gasteiger partial charge in [-0.2, -0.15) is 15.2 Å². The molecule has 2 aromatic heterocycles. The van der Waals surface area contributed by atoms with Gasteiger partial charge in [0, 0.05) is 0 Å². The van der Waals surface area contributed by atoms with Crippen molar-refractivity contribution in [1.29, 1.82) is 0 Å². The maximum atomic E-state index is 9.66. The van der Waals surface area contributed by atoms with Crippen LogP contribution in [0.1, 0.15) is 43.6 Å². The van der Waals surface area contributed by atoms with Crippen molar-refractivity contribution in [3.8, 4) is 11.5 Å². The highest BCUT2D eigenvalue weighted by Crippen LogP contribution is 2.23. The van der Waals surface area contributed by atoms with Crippen molar-refractivity contribution in [3.05, 3.63) is 23.3 Å². The summed E-state index contributed by atoms with van der Waals surface area (Å²) in [6.07, 6.45) is 0.590. The molecule has 2 rings (SSSR count). The van der Waals surface area contributed by atoms with Crippen LogP contribution in [0.5, 0.6) is 0 Å². The smallest absolute Gasteiger partial charge is 0.260 e. The first-order valence-corrected chi connectivity index (χ1v) is 6.00. The van der Waals surface area contributed by atoms with E-state index in [-0.39, 0.29) is 0 Å². The molecule has 18 heavy (non-hydrogen) atoms. The van der Waals surface area contributed by atoms with Gasteiger partial charge < -0.3 is 9.63 Å². The Hall–Kier alpha value is -1.82. The lowest BCUT2D eigenvalue weighted by atomic mass is 10.1. The minimum absolute atomic E-state index is 0.309. The Kier molecular flexibility index (Phi) is 3.66. The monoisotopic (exact) mass is 248 g/mol. The molecule has 0 aliphatic carbocycles. The fourth-order valence-electron chi connectivity index (χ4n) is 1.62. The molecule has 1 N–H and O–H groups in total. The van der Waals surface area contributed by atoms with Gasteiger partial charge in [0.05, 0.1) is 17.0 Å². The first-order valence-electron chi connectivity index (χ1n) is 6.00. The van der Waals surface area contributed by atoms with E-state index in [1.54, 1.807) is 0 Å². The second kappa shape index (κ2) is 5.22. The number of aliphatic hydroxyl groups excluding tert-OH is 1. The first kappa shape index (κ1) is 12.6. The van der Waals surface area contributed by atoms with Gasteiger partial charge in [-0.3, -0.25) is 0 Å². The number of aliphatic hydroxyl groups is 1. The highest BCUT2D eigenvalue weighted by atomic mass is 16.5. The maximum Gasteiger partial charge on any atom is 0.260 e. The van der Waals surface area contributed by atoms with Gasteiger partial charge in [-0.25, -0.2) is 0 Å². The molecule has 0 spiro atoms. The molecule has 2 heterocycles. The van der Waals surface area contributed by atoms with Crippen LogP contribution in [0, 0.1) is 6.92 Å². The summed E-state index contributed by atoms with van der Waals surface area (Å²) in [4.78, 5) is 4.21. The Bertz CT molecular complexity index is 539. The van der Waals surface area contributed by atoms with Crippen LogP contribution in [0.4, 0.5) is 0 Å². The predicted octanol–water partition coefficient (Wildman–Crippen LogP) is 1.84. The molecule has 0 saturated carbocycles. The lowest BCUT2D eigenvalue weighted by Crippen LogP contribution is -1.99. The minimum Gasteiger partial charge on any atom is -0.385 e. The summed E-state index contributed by atoms with van der Waals surface area (Å²) >= 11 is 0. The van der Waals surface area contributed by atoms with E-state index in [0.29, 0.717) is 18.1 Å². The Morgan fingerprint density at radius 2 is 2.11 bits per heavy atom. The number of hydrogen-bond donors (Lipinski definition) is 1. The van der Waals surface area contributed by atoms with Crippen LogP contribution in [-0.2, 0) is 6.42 Å². The van der Waals surface area contributed by atoms with E-state index in [2.05, 4.69) is 20.3 Å². The van der Waals surface area contributed by atoms with Crippen molar-refractivity contribution in [1.82, 2.24) is 20.3 Å². The minimum atomic E-state index is -0.691. The Labute approximate surface area is 105 Å². The molecule has 0 aromatic carbocycles. The number of aryl methyl sites for hydroxylation is 2. The van der Waals surface area contributed by atoms with Crippen molar-refractivity contribution in [2.24, 2.45) is 0 Å². The van der Waals surface area contributed by atoms with E-state index in [4.69, 9.17) is 4.52 Å². The van der Waals surface area contributed by atoms with Crippen LogP contribution in [-0.4, -0.2) is 25.4 Å². The molecule has 0 bridgehead atoms. The van der Waals surface area contributed by atoms with Gasteiger partial charge in [0.1, 0.15) is 6.10 Å². The first-order chi connectivity index (χ1) is 8.65. The average Bonchev–Trinajstić information content (AvgIpc) is 2.87. The van der Waals surface area contributed by atoms with E-state index < -0.39 is 6.10 Å². The molecule has 0 aliphatic heterocycles. The molecule has 6 heteroatoms. The van der Waals surface area contributed by atoms with Gasteiger partial charge in [-0.1, -0.05) is 19.0 Å². The molecule has 2 aromatic rings. The van der Waals surface area contributed by atoms with E-state index >= 15 is 0 Å². The number of aromatic nitrogens is 4. The summed E-state index contributed by atoms with van der Waals surface area (Å²) < 4.78 is 5.18. The van der Waals surface area contributed by atoms with Gasteiger partial charge in [0.2, 0.25) is 5.82 Å². The van der Waals surface area contributed by atoms with Crippen LogP contribution < -0.4 is 0 Å². The summed E-state index contributed by atoms with van der Waals surface area (Å²) in [6, 6.07) is 1.86. The Morgan fingerprint density at radius 1 is 1.33 bits per heavy atom. The van der Waals surface area contributed by atoms with Crippen molar-refractivity contribution in [2.75, 3.05) is 0 Å². The molecule has 1 unspecified atom stereocenters.